The standard InChI is InChI=1S/C15H13F3N2O4/c1-10-13(19-7-6-14(10)24-9-15(16,17)18)8-23-12-4-2-11(3-5-12)20(21)22/h2-7H,8-9H2,1H3. The van der Waals surface area contributed by atoms with E-state index in [0.717, 1.165) is 0 Å². The molecule has 0 radical (unpaired) electrons. The second-order valence-corrected chi connectivity index (χ2v) is 4.82. The van der Waals surface area contributed by atoms with Crippen LogP contribution >= 0.6 is 0 Å². The summed E-state index contributed by atoms with van der Waals surface area (Å²) in [5.74, 6) is 0.452. The number of hydrogen-bond acceptors (Lipinski definition) is 5. The first-order valence-corrected chi connectivity index (χ1v) is 6.77. The van der Waals surface area contributed by atoms with Crippen molar-refractivity contribution in [1.29, 1.82) is 0 Å². The van der Waals surface area contributed by atoms with Gasteiger partial charge < -0.3 is 9.47 Å². The number of nitro benzene ring substituents is 1. The molecule has 1 heterocycles. The van der Waals surface area contributed by atoms with Crippen LogP contribution < -0.4 is 9.47 Å². The van der Waals surface area contributed by atoms with Crippen LogP contribution in [0, 0.1) is 17.0 Å². The van der Waals surface area contributed by atoms with Gasteiger partial charge in [-0.2, -0.15) is 13.2 Å². The minimum absolute atomic E-state index is 0.00708. The van der Waals surface area contributed by atoms with Crippen LogP contribution in [0.25, 0.3) is 0 Å². The molecule has 128 valence electrons. The molecular formula is C15H13F3N2O4. The van der Waals surface area contributed by atoms with Gasteiger partial charge in [0.05, 0.1) is 10.6 Å². The molecule has 0 aliphatic rings. The number of pyridine rings is 1. The third-order valence-corrected chi connectivity index (χ3v) is 3.07. The highest BCUT2D eigenvalue weighted by Gasteiger charge is 2.28. The summed E-state index contributed by atoms with van der Waals surface area (Å²) in [6.07, 6.45) is -3.10. The van der Waals surface area contributed by atoms with E-state index < -0.39 is 17.7 Å². The Labute approximate surface area is 135 Å². The van der Waals surface area contributed by atoms with Crippen LogP contribution in [0.1, 0.15) is 11.3 Å². The Bertz CT molecular complexity index is 718. The van der Waals surface area contributed by atoms with Crippen LogP contribution in [0.5, 0.6) is 11.5 Å². The lowest BCUT2D eigenvalue weighted by Crippen LogP contribution is -2.19. The molecule has 0 aliphatic heterocycles. The van der Waals surface area contributed by atoms with Gasteiger partial charge in [0.1, 0.15) is 18.1 Å². The smallest absolute Gasteiger partial charge is 0.422 e. The van der Waals surface area contributed by atoms with E-state index in [9.17, 15) is 23.3 Å². The molecule has 2 rings (SSSR count). The van der Waals surface area contributed by atoms with Gasteiger partial charge in [-0.05, 0) is 25.1 Å². The van der Waals surface area contributed by atoms with Gasteiger partial charge in [-0.1, -0.05) is 0 Å². The van der Waals surface area contributed by atoms with Gasteiger partial charge in [0.15, 0.2) is 6.61 Å². The number of non-ortho nitro benzene ring substituents is 1. The van der Waals surface area contributed by atoms with E-state index in [1.165, 1.54) is 36.5 Å². The number of ether oxygens (including phenoxy) is 2. The highest BCUT2D eigenvalue weighted by atomic mass is 19.4. The van der Waals surface area contributed by atoms with E-state index in [4.69, 9.17) is 9.47 Å². The Morgan fingerprint density at radius 3 is 2.42 bits per heavy atom. The average molecular weight is 342 g/mol. The Morgan fingerprint density at radius 2 is 1.83 bits per heavy atom. The summed E-state index contributed by atoms with van der Waals surface area (Å²) in [5.41, 5.74) is 0.774. The average Bonchev–Trinajstić information content (AvgIpc) is 2.52. The molecular weight excluding hydrogens is 329 g/mol. The van der Waals surface area contributed by atoms with Crippen molar-refractivity contribution < 1.29 is 27.6 Å². The molecule has 0 saturated heterocycles. The normalized spacial score (nSPS) is 11.2. The fourth-order valence-electron chi connectivity index (χ4n) is 1.84. The van der Waals surface area contributed by atoms with Crippen LogP contribution in [0.3, 0.4) is 0 Å². The molecule has 0 amide bonds. The van der Waals surface area contributed by atoms with Gasteiger partial charge in [-0.15, -0.1) is 0 Å². The minimum atomic E-state index is -4.43. The van der Waals surface area contributed by atoms with E-state index >= 15 is 0 Å². The minimum Gasteiger partial charge on any atom is -0.487 e. The topological polar surface area (TPSA) is 74.5 Å². The highest BCUT2D eigenvalue weighted by molar-refractivity contribution is 5.37. The number of nitrogens with zero attached hydrogens (tertiary/aromatic N) is 2. The zero-order valence-electron chi connectivity index (χ0n) is 12.5. The molecule has 2 aromatic rings. The van der Waals surface area contributed by atoms with Crippen LogP contribution in [-0.2, 0) is 6.61 Å². The van der Waals surface area contributed by atoms with Crippen LogP contribution in [0.15, 0.2) is 36.5 Å². The second-order valence-electron chi connectivity index (χ2n) is 4.82. The molecule has 0 fully saturated rings. The number of hydrogen-bond donors (Lipinski definition) is 0. The molecule has 6 nitrogen and oxygen atoms in total. The molecule has 9 heteroatoms. The summed E-state index contributed by atoms with van der Waals surface area (Å²) >= 11 is 0. The van der Waals surface area contributed by atoms with Crippen molar-refractivity contribution in [1.82, 2.24) is 4.98 Å². The largest absolute Gasteiger partial charge is 0.487 e. The van der Waals surface area contributed by atoms with E-state index in [0.29, 0.717) is 17.0 Å². The maximum atomic E-state index is 12.2. The molecule has 0 aliphatic carbocycles. The molecule has 0 atom stereocenters. The molecule has 0 unspecified atom stereocenters. The Balaban J connectivity index is 2.03. The lowest BCUT2D eigenvalue weighted by Gasteiger charge is -2.14. The third kappa shape index (κ3) is 4.83. The summed E-state index contributed by atoms with van der Waals surface area (Å²) in [6.45, 7) is 0.181. The predicted molar refractivity (Wildman–Crippen MR) is 78.0 cm³/mol. The van der Waals surface area contributed by atoms with Crippen molar-refractivity contribution in [2.45, 2.75) is 19.7 Å². The first-order chi connectivity index (χ1) is 11.3. The third-order valence-electron chi connectivity index (χ3n) is 3.07. The number of nitro groups is 1. The molecule has 24 heavy (non-hydrogen) atoms. The first-order valence-electron chi connectivity index (χ1n) is 6.77. The molecule has 0 spiro atoms. The molecule has 0 bridgehead atoms. The maximum absolute atomic E-state index is 12.2. The van der Waals surface area contributed by atoms with Crippen LogP contribution in [0.4, 0.5) is 18.9 Å². The summed E-state index contributed by atoms with van der Waals surface area (Å²) in [5, 5.41) is 10.6. The van der Waals surface area contributed by atoms with Gasteiger partial charge in [0.2, 0.25) is 0 Å². The van der Waals surface area contributed by atoms with Crippen molar-refractivity contribution in [2.24, 2.45) is 0 Å². The van der Waals surface area contributed by atoms with E-state index in [1.807, 2.05) is 0 Å². The first kappa shape index (κ1) is 17.5. The van der Waals surface area contributed by atoms with Crippen molar-refractivity contribution in [3.05, 3.63) is 57.9 Å². The van der Waals surface area contributed by atoms with E-state index in [1.54, 1.807) is 6.92 Å². The lowest BCUT2D eigenvalue weighted by atomic mass is 10.2. The summed E-state index contributed by atoms with van der Waals surface area (Å²) in [4.78, 5) is 14.1. The number of alkyl halides is 3. The second kappa shape index (κ2) is 7.16. The van der Waals surface area contributed by atoms with Gasteiger partial charge in [-0.3, -0.25) is 15.1 Å². The predicted octanol–water partition coefficient (Wildman–Crippen LogP) is 3.82. The zero-order valence-corrected chi connectivity index (χ0v) is 12.5. The quantitative estimate of drug-likeness (QED) is 0.589. The van der Waals surface area contributed by atoms with Crippen molar-refractivity contribution in [3.8, 4) is 11.5 Å². The Morgan fingerprint density at radius 1 is 1.17 bits per heavy atom. The summed E-state index contributed by atoms with van der Waals surface area (Å²) in [7, 11) is 0. The Hall–Kier alpha value is -2.84. The van der Waals surface area contributed by atoms with Gasteiger partial charge in [0, 0.05) is 23.9 Å². The number of rotatable bonds is 6. The number of halogens is 3. The summed E-state index contributed by atoms with van der Waals surface area (Å²) in [6, 6.07) is 6.78. The monoisotopic (exact) mass is 342 g/mol. The SMILES string of the molecule is Cc1c(OCC(F)(F)F)ccnc1COc1ccc([N+](=O)[O-])cc1. The lowest BCUT2D eigenvalue weighted by molar-refractivity contribution is -0.384. The maximum Gasteiger partial charge on any atom is 0.422 e. The fraction of sp³-hybridized carbons (Fsp3) is 0.267. The van der Waals surface area contributed by atoms with Crippen molar-refractivity contribution in [3.63, 3.8) is 0 Å². The number of benzene rings is 1. The van der Waals surface area contributed by atoms with E-state index in [2.05, 4.69) is 4.98 Å². The molecule has 1 aromatic carbocycles. The molecule has 1 aromatic heterocycles. The molecule has 0 saturated carbocycles. The fourth-order valence-corrected chi connectivity index (χ4v) is 1.84. The summed E-state index contributed by atoms with van der Waals surface area (Å²) < 4.78 is 46.8. The number of aromatic nitrogens is 1. The van der Waals surface area contributed by atoms with Gasteiger partial charge in [-0.25, -0.2) is 0 Å². The molecule has 0 N–H and O–H groups in total. The van der Waals surface area contributed by atoms with Crippen LogP contribution in [0.2, 0.25) is 0 Å². The van der Waals surface area contributed by atoms with Gasteiger partial charge in [0.25, 0.3) is 5.69 Å². The van der Waals surface area contributed by atoms with Crippen molar-refractivity contribution in [2.75, 3.05) is 6.61 Å². The van der Waals surface area contributed by atoms with Gasteiger partial charge >= 0.3 is 6.18 Å². The zero-order chi connectivity index (χ0) is 17.7. The van der Waals surface area contributed by atoms with Crippen LogP contribution in [-0.4, -0.2) is 22.7 Å². The highest BCUT2D eigenvalue weighted by Crippen LogP contribution is 2.24. The van der Waals surface area contributed by atoms with Crippen molar-refractivity contribution >= 4 is 5.69 Å². The van der Waals surface area contributed by atoms with E-state index in [-0.39, 0.29) is 18.0 Å². The Kier molecular flexibility index (Phi) is 5.22.